The summed E-state index contributed by atoms with van der Waals surface area (Å²) in [5, 5.41) is 4.47. The molecule has 100 valence electrons. The molecular weight excluding hydrogens is 252 g/mol. The maximum absolute atomic E-state index is 5.69. The number of aromatic amines is 1. The third-order valence-corrected chi connectivity index (χ3v) is 3.57. The van der Waals surface area contributed by atoms with Gasteiger partial charge in [-0.3, -0.25) is 0 Å². The fourth-order valence-corrected chi connectivity index (χ4v) is 2.63. The highest BCUT2D eigenvalue weighted by Gasteiger charge is 2.24. The lowest BCUT2D eigenvalue weighted by Crippen LogP contribution is -2.13. The Labute approximate surface area is 116 Å². The number of anilines is 1. The van der Waals surface area contributed by atoms with Gasteiger partial charge in [0, 0.05) is 11.3 Å². The van der Waals surface area contributed by atoms with Crippen molar-refractivity contribution in [2.75, 3.05) is 11.9 Å². The summed E-state index contributed by atoms with van der Waals surface area (Å²) in [7, 11) is 0. The van der Waals surface area contributed by atoms with Gasteiger partial charge in [0.15, 0.2) is 0 Å². The van der Waals surface area contributed by atoms with E-state index in [0.29, 0.717) is 6.61 Å². The van der Waals surface area contributed by atoms with Crippen LogP contribution in [0, 0.1) is 6.92 Å². The molecule has 2 N–H and O–H groups in total. The van der Waals surface area contributed by atoms with Crippen LogP contribution in [0.2, 0.25) is 0 Å². The second-order valence-electron chi connectivity index (χ2n) is 4.98. The molecule has 2 aromatic heterocycles. The van der Waals surface area contributed by atoms with E-state index in [9.17, 15) is 0 Å². The highest BCUT2D eigenvalue weighted by molar-refractivity contribution is 5.87. The highest BCUT2D eigenvalue weighted by Crippen LogP contribution is 2.34. The van der Waals surface area contributed by atoms with Crippen molar-refractivity contribution in [1.29, 1.82) is 0 Å². The maximum Gasteiger partial charge on any atom is 0.143 e. The Morgan fingerprint density at radius 2 is 2.20 bits per heavy atom. The number of nitrogens with zero attached hydrogens (tertiary/aromatic N) is 2. The minimum atomic E-state index is 0.125. The molecule has 0 bridgehead atoms. The van der Waals surface area contributed by atoms with Gasteiger partial charge in [-0.1, -0.05) is 18.2 Å². The van der Waals surface area contributed by atoms with E-state index in [1.807, 2.05) is 25.1 Å². The maximum atomic E-state index is 5.69. The van der Waals surface area contributed by atoms with E-state index in [0.717, 1.165) is 28.3 Å². The first-order valence-electron chi connectivity index (χ1n) is 6.60. The van der Waals surface area contributed by atoms with Crippen molar-refractivity contribution < 1.29 is 4.74 Å². The predicted octanol–water partition coefficient (Wildman–Crippen LogP) is 2.81. The number of ether oxygens (including phenoxy) is 1. The summed E-state index contributed by atoms with van der Waals surface area (Å²) in [5.74, 6) is 1.78. The van der Waals surface area contributed by atoms with Crippen LogP contribution in [0.5, 0.6) is 5.75 Å². The molecule has 3 aromatic rings. The Hall–Kier alpha value is -2.56. The van der Waals surface area contributed by atoms with Gasteiger partial charge in [-0.05, 0) is 19.1 Å². The first-order chi connectivity index (χ1) is 9.81. The normalized spacial score (nSPS) is 16.9. The van der Waals surface area contributed by atoms with Gasteiger partial charge >= 0.3 is 0 Å². The summed E-state index contributed by atoms with van der Waals surface area (Å²) < 4.78 is 5.69. The number of para-hydroxylation sites is 1. The van der Waals surface area contributed by atoms with Crippen LogP contribution in [-0.2, 0) is 0 Å². The molecule has 3 heterocycles. The lowest BCUT2D eigenvalue weighted by Gasteiger charge is -2.12. The van der Waals surface area contributed by atoms with Crippen LogP contribution in [0.1, 0.15) is 17.3 Å². The van der Waals surface area contributed by atoms with E-state index in [2.05, 4.69) is 32.4 Å². The number of hydrogen-bond donors (Lipinski definition) is 2. The molecule has 5 heteroatoms. The van der Waals surface area contributed by atoms with Crippen molar-refractivity contribution in [2.24, 2.45) is 0 Å². The average Bonchev–Trinajstić information content (AvgIpc) is 3.03. The second kappa shape index (κ2) is 4.23. The standard InChI is InChI=1S/C15H14N4O/c1-9-6-11-14(18-9)16-8-17-15(11)19-12-7-20-13-5-3-2-4-10(12)13/h2-6,8,12H,7H2,1H3,(H2,16,17,18,19). The Kier molecular flexibility index (Phi) is 2.39. The van der Waals surface area contributed by atoms with Crippen molar-refractivity contribution in [2.45, 2.75) is 13.0 Å². The van der Waals surface area contributed by atoms with Gasteiger partial charge in [-0.25, -0.2) is 9.97 Å². The SMILES string of the molecule is Cc1cc2c(NC3COc4ccccc43)ncnc2[nH]1. The average molecular weight is 266 g/mol. The third-order valence-electron chi connectivity index (χ3n) is 3.57. The molecule has 20 heavy (non-hydrogen) atoms. The summed E-state index contributed by atoms with van der Waals surface area (Å²) in [6, 6.07) is 10.3. The molecule has 0 radical (unpaired) electrons. The third kappa shape index (κ3) is 1.71. The molecule has 1 unspecified atom stereocenters. The summed E-state index contributed by atoms with van der Waals surface area (Å²) in [6.45, 7) is 2.63. The fraction of sp³-hybridized carbons (Fsp3) is 0.200. The molecule has 5 nitrogen and oxygen atoms in total. The Morgan fingerprint density at radius 3 is 3.15 bits per heavy atom. The lowest BCUT2D eigenvalue weighted by molar-refractivity contribution is 0.339. The quantitative estimate of drug-likeness (QED) is 0.748. The zero-order valence-corrected chi connectivity index (χ0v) is 11.1. The van der Waals surface area contributed by atoms with Crippen LogP contribution in [0.4, 0.5) is 5.82 Å². The van der Waals surface area contributed by atoms with Crippen molar-refractivity contribution in [3.8, 4) is 5.75 Å². The lowest BCUT2D eigenvalue weighted by atomic mass is 10.1. The smallest absolute Gasteiger partial charge is 0.143 e. The zero-order valence-electron chi connectivity index (χ0n) is 11.1. The van der Waals surface area contributed by atoms with Gasteiger partial charge in [0.05, 0.1) is 11.4 Å². The number of H-pyrrole nitrogens is 1. The van der Waals surface area contributed by atoms with Gasteiger partial charge < -0.3 is 15.0 Å². The van der Waals surface area contributed by atoms with Crippen LogP contribution in [0.3, 0.4) is 0 Å². The summed E-state index contributed by atoms with van der Waals surface area (Å²) in [4.78, 5) is 11.8. The number of aromatic nitrogens is 3. The molecule has 0 spiro atoms. The number of aryl methyl sites for hydroxylation is 1. The Balaban J connectivity index is 1.72. The summed E-state index contributed by atoms with van der Waals surface area (Å²) >= 11 is 0. The number of benzene rings is 1. The molecule has 1 aliphatic heterocycles. The van der Waals surface area contributed by atoms with Crippen LogP contribution in [-0.4, -0.2) is 21.6 Å². The minimum absolute atomic E-state index is 0.125. The van der Waals surface area contributed by atoms with Gasteiger partial charge in [0.1, 0.15) is 30.1 Å². The Morgan fingerprint density at radius 1 is 1.30 bits per heavy atom. The molecular formula is C15H14N4O. The molecule has 1 aliphatic rings. The van der Waals surface area contributed by atoms with Gasteiger partial charge in [-0.2, -0.15) is 0 Å². The van der Waals surface area contributed by atoms with Crippen LogP contribution in [0.25, 0.3) is 11.0 Å². The molecule has 0 saturated carbocycles. The molecule has 0 amide bonds. The summed E-state index contributed by atoms with van der Waals surface area (Å²) in [5.41, 5.74) is 3.10. The van der Waals surface area contributed by atoms with Gasteiger partial charge in [0.2, 0.25) is 0 Å². The molecule has 0 saturated heterocycles. The van der Waals surface area contributed by atoms with Gasteiger partial charge in [0.25, 0.3) is 0 Å². The van der Waals surface area contributed by atoms with Crippen LogP contribution >= 0.6 is 0 Å². The molecule has 1 aromatic carbocycles. The highest BCUT2D eigenvalue weighted by atomic mass is 16.5. The molecule has 1 atom stereocenters. The first kappa shape index (κ1) is 11.3. The van der Waals surface area contributed by atoms with Crippen molar-refractivity contribution >= 4 is 16.9 Å². The van der Waals surface area contributed by atoms with E-state index < -0.39 is 0 Å². The van der Waals surface area contributed by atoms with Crippen molar-refractivity contribution in [1.82, 2.24) is 15.0 Å². The van der Waals surface area contributed by atoms with E-state index in [1.165, 1.54) is 5.56 Å². The van der Waals surface area contributed by atoms with E-state index in [4.69, 9.17) is 4.74 Å². The zero-order chi connectivity index (χ0) is 13.5. The van der Waals surface area contributed by atoms with Crippen LogP contribution < -0.4 is 10.1 Å². The summed E-state index contributed by atoms with van der Waals surface area (Å²) in [6.07, 6.45) is 1.57. The van der Waals surface area contributed by atoms with Crippen molar-refractivity contribution in [3.05, 3.63) is 47.9 Å². The number of nitrogens with one attached hydrogen (secondary N) is 2. The molecule has 0 aliphatic carbocycles. The number of rotatable bonds is 2. The fourth-order valence-electron chi connectivity index (χ4n) is 2.63. The largest absolute Gasteiger partial charge is 0.491 e. The number of fused-ring (bicyclic) bond motifs is 2. The topological polar surface area (TPSA) is 62.8 Å². The number of hydrogen-bond acceptors (Lipinski definition) is 4. The predicted molar refractivity (Wildman–Crippen MR) is 76.9 cm³/mol. The monoisotopic (exact) mass is 266 g/mol. The Bertz CT molecular complexity index is 780. The van der Waals surface area contributed by atoms with Crippen LogP contribution in [0.15, 0.2) is 36.7 Å². The molecule has 4 rings (SSSR count). The van der Waals surface area contributed by atoms with E-state index in [1.54, 1.807) is 6.33 Å². The molecule has 0 fully saturated rings. The van der Waals surface area contributed by atoms with E-state index in [-0.39, 0.29) is 6.04 Å². The van der Waals surface area contributed by atoms with Gasteiger partial charge in [-0.15, -0.1) is 0 Å². The minimum Gasteiger partial charge on any atom is -0.491 e. The van der Waals surface area contributed by atoms with Crippen molar-refractivity contribution in [3.63, 3.8) is 0 Å². The second-order valence-corrected chi connectivity index (χ2v) is 4.98. The first-order valence-corrected chi connectivity index (χ1v) is 6.60. The van der Waals surface area contributed by atoms with E-state index >= 15 is 0 Å².